The molecule has 2 heterocycles. The molecule has 5 heteroatoms. The Bertz CT molecular complexity index is 770. The number of hydrogen-bond acceptors (Lipinski definition) is 5. The zero-order valence-corrected chi connectivity index (χ0v) is 11.1. The van der Waals surface area contributed by atoms with Crippen LogP contribution in [0, 0.1) is 6.92 Å². The molecule has 3 aromatic rings. The zero-order chi connectivity index (χ0) is 13.2. The first-order valence-electron chi connectivity index (χ1n) is 5.80. The van der Waals surface area contributed by atoms with Gasteiger partial charge in [-0.1, -0.05) is 36.0 Å². The lowest BCUT2D eigenvalue weighted by atomic mass is 10.2. The summed E-state index contributed by atoms with van der Waals surface area (Å²) in [6.45, 7) is 1.72. The van der Waals surface area contributed by atoms with Crippen LogP contribution in [0.3, 0.4) is 0 Å². The molecule has 0 N–H and O–H groups in total. The van der Waals surface area contributed by atoms with Crippen LogP contribution in [0.5, 0.6) is 0 Å². The number of benzene rings is 1. The summed E-state index contributed by atoms with van der Waals surface area (Å²) in [5.41, 5.74) is 0. The molecule has 0 radical (unpaired) electrons. The largest absolute Gasteiger partial charge is 0.519 e. The lowest BCUT2D eigenvalue weighted by Gasteiger charge is -2.03. The van der Waals surface area contributed by atoms with Crippen LogP contribution < -0.4 is 5.82 Å². The predicted molar refractivity (Wildman–Crippen MR) is 73.3 cm³/mol. The molecule has 0 fully saturated rings. The molecule has 0 spiro atoms. The number of fused-ring (bicyclic) bond motifs is 1. The van der Waals surface area contributed by atoms with E-state index in [9.17, 15) is 4.79 Å². The fraction of sp³-hybridized carbons (Fsp3) is 0.143. The maximum Gasteiger partial charge on any atom is 0.519 e. The Hall–Kier alpha value is -2.01. The van der Waals surface area contributed by atoms with Crippen LogP contribution in [-0.2, 0) is 5.75 Å². The van der Waals surface area contributed by atoms with Crippen molar-refractivity contribution < 1.29 is 8.83 Å². The second kappa shape index (κ2) is 4.93. The fourth-order valence-corrected chi connectivity index (χ4v) is 2.85. The number of rotatable bonds is 3. The van der Waals surface area contributed by atoms with Crippen LogP contribution >= 0.6 is 11.8 Å². The highest BCUT2D eigenvalue weighted by atomic mass is 32.2. The molecular formula is C14H11NO3S. The van der Waals surface area contributed by atoms with Crippen molar-refractivity contribution in [2.24, 2.45) is 0 Å². The molecule has 0 saturated carbocycles. The quantitative estimate of drug-likeness (QED) is 0.685. The summed E-state index contributed by atoms with van der Waals surface area (Å²) in [7, 11) is 0. The van der Waals surface area contributed by atoms with Crippen molar-refractivity contribution in [2.75, 3.05) is 0 Å². The minimum atomic E-state index is -0.654. The van der Waals surface area contributed by atoms with E-state index in [0.29, 0.717) is 17.3 Å². The van der Waals surface area contributed by atoms with E-state index in [4.69, 9.17) is 8.83 Å². The van der Waals surface area contributed by atoms with Gasteiger partial charge in [0.1, 0.15) is 10.8 Å². The Morgan fingerprint density at radius 1 is 1.21 bits per heavy atom. The summed E-state index contributed by atoms with van der Waals surface area (Å²) in [4.78, 5) is 15.3. The molecule has 0 amide bonds. The van der Waals surface area contributed by atoms with E-state index in [-0.39, 0.29) is 0 Å². The van der Waals surface area contributed by atoms with E-state index in [1.165, 1.54) is 11.8 Å². The van der Waals surface area contributed by atoms with Gasteiger partial charge in [0.15, 0.2) is 5.76 Å². The summed E-state index contributed by atoms with van der Waals surface area (Å²) >= 11 is 1.53. The molecule has 19 heavy (non-hydrogen) atoms. The first-order chi connectivity index (χ1) is 9.24. The number of aromatic nitrogens is 1. The highest BCUT2D eigenvalue weighted by molar-refractivity contribution is 7.98. The molecule has 0 aliphatic carbocycles. The van der Waals surface area contributed by atoms with Gasteiger partial charge in [-0.15, -0.1) is 0 Å². The van der Waals surface area contributed by atoms with Crippen molar-refractivity contribution in [3.8, 4) is 0 Å². The Labute approximate surface area is 113 Å². The Morgan fingerprint density at radius 2 is 2.05 bits per heavy atom. The molecule has 1 aromatic carbocycles. The predicted octanol–water partition coefficient (Wildman–Crippen LogP) is 3.38. The second-order valence-electron chi connectivity index (χ2n) is 4.06. The van der Waals surface area contributed by atoms with Gasteiger partial charge >= 0.3 is 5.82 Å². The first-order valence-corrected chi connectivity index (χ1v) is 6.78. The summed E-state index contributed by atoms with van der Waals surface area (Å²) in [5.74, 6) is 0.958. The lowest BCUT2D eigenvalue weighted by molar-refractivity contribution is 0.372. The maximum atomic E-state index is 11.0. The Morgan fingerprint density at radius 3 is 2.84 bits per heavy atom. The van der Waals surface area contributed by atoms with Gasteiger partial charge in [-0.05, 0) is 18.4 Å². The first kappa shape index (κ1) is 12.0. The van der Waals surface area contributed by atoms with E-state index in [2.05, 4.69) is 4.98 Å². The van der Waals surface area contributed by atoms with Gasteiger partial charge in [0.05, 0.1) is 5.75 Å². The van der Waals surface area contributed by atoms with Crippen LogP contribution in [0.1, 0.15) is 11.5 Å². The molecule has 0 bridgehead atoms. The zero-order valence-electron chi connectivity index (χ0n) is 10.3. The monoisotopic (exact) mass is 273 g/mol. The number of pyridine rings is 1. The van der Waals surface area contributed by atoms with E-state index < -0.39 is 5.82 Å². The number of hydrogen-bond donors (Lipinski definition) is 0. The van der Waals surface area contributed by atoms with Crippen LogP contribution in [0.2, 0.25) is 0 Å². The molecule has 0 unspecified atom stereocenters. The lowest BCUT2D eigenvalue weighted by Crippen LogP contribution is -1.87. The smallest absolute Gasteiger partial charge is 0.396 e. The van der Waals surface area contributed by atoms with E-state index in [0.717, 1.165) is 15.8 Å². The standard InChI is InChI=1S/C14H11NO3S/c1-9-12(18-14(16)17-9)8-19-13-11-5-3-2-4-10(11)6-7-15-13/h2-7H,8H2,1H3. The maximum absolute atomic E-state index is 11.0. The average molecular weight is 273 g/mol. The molecular weight excluding hydrogens is 262 g/mol. The normalized spacial score (nSPS) is 11.0. The summed E-state index contributed by atoms with van der Waals surface area (Å²) < 4.78 is 9.81. The fourth-order valence-electron chi connectivity index (χ4n) is 1.85. The number of nitrogens with zero attached hydrogens (tertiary/aromatic N) is 1. The highest BCUT2D eigenvalue weighted by Crippen LogP contribution is 2.28. The van der Waals surface area contributed by atoms with Gasteiger partial charge < -0.3 is 8.83 Å². The van der Waals surface area contributed by atoms with Gasteiger partial charge in [0.25, 0.3) is 0 Å². The third kappa shape index (κ3) is 2.42. The molecule has 0 saturated heterocycles. The SMILES string of the molecule is Cc1oc(=O)oc1CSc1nccc2ccccc12. The average Bonchev–Trinajstić information content (AvgIpc) is 2.74. The molecule has 3 rings (SSSR count). The number of thioether (sulfide) groups is 1. The third-order valence-corrected chi connectivity index (χ3v) is 3.82. The molecule has 0 aliphatic heterocycles. The van der Waals surface area contributed by atoms with Crippen molar-refractivity contribution in [3.05, 3.63) is 58.7 Å². The van der Waals surface area contributed by atoms with E-state index in [1.807, 2.05) is 30.3 Å². The minimum Gasteiger partial charge on any atom is -0.396 e. The Balaban J connectivity index is 1.90. The van der Waals surface area contributed by atoms with Crippen molar-refractivity contribution in [2.45, 2.75) is 17.7 Å². The Kier molecular flexibility index (Phi) is 3.13. The van der Waals surface area contributed by atoms with Crippen LogP contribution in [-0.4, -0.2) is 4.98 Å². The summed E-state index contributed by atoms with van der Waals surface area (Å²) in [6, 6.07) is 10.0. The summed E-state index contributed by atoms with van der Waals surface area (Å²) in [6.07, 6.45) is 1.78. The van der Waals surface area contributed by atoms with Crippen LogP contribution in [0.25, 0.3) is 10.8 Å². The van der Waals surface area contributed by atoms with Gasteiger partial charge in [-0.25, -0.2) is 9.78 Å². The molecule has 96 valence electrons. The molecule has 0 aliphatic rings. The topological polar surface area (TPSA) is 56.2 Å². The molecule has 2 aromatic heterocycles. The highest BCUT2D eigenvalue weighted by Gasteiger charge is 2.10. The molecule has 4 nitrogen and oxygen atoms in total. The van der Waals surface area contributed by atoms with Gasteiger partial charge in [0, 0.05) is 11.6 Å². The van der Waals surface area contributed by atoms with Crippen LogP contribution in [0.4, 0.5) is 0 Å². The van der Waals surface area contributed by atoms with Gasteiger partial charge in [-0.2, -0.15) is 0 Å². The van der Waals surface area contributed by atoms with Crippen molar-refractivity contribution in [1.82, 2.24) is 4.98 Å². The summed E-state index contributed by atoms with van der Waals surface area (Å²) in [5, 5.41) is 3.16. The molecule has 0 atom stereocenters. The van der Waals surface area contributed by atoms with Gasteiger partial charge in [-0.3, -0.25) is 0 Å². The van der Waals surface area contributed by atoms with Crippen LogP contribution in [0.15, 0.2) is 55.2 Å². The van der Waals surface area contributed by atoms with Gasteiger partial charge in [0.2, 0.25) is 0 Å². The van der Waals surface area contributed by atoms with Crippen molar-refractivity contribution in [1.29, 1.82) is 0 Å². The minimum absolute atomic E-state index is 0.526. The van der Waals surface area contributed by atoms with Crippen molar-refractivity contribution in [3.63, 3.8) is 0 Å². The van der Waals surface area contributed by atoms with Crippen molar-refractivity contribution >= 4 is 22.5 Å². The number of aryl methyl sites for hydroxylation is 1. The van der Waals surface area contributed by atoms with E-state index in [1.54, 1.807) is 13.1 Å². The third-order valence-electron chi connectivity index (χ3n) is 2.81. The van der Waals surface area contributed by atoms with E-state index >= 15 is 0 Å². The second-order valence-corrected chi connectivity index (χ2v) is 5.02.